The molecule has 0 spiro atoms. The van der Waals surface area contributed by atoms with Crippen LogP contribution in [0.2, 0.25) is 0 Å². The van der Waals surface area contributed by atoms with E-state index in [1.165, 1.54) is 6.26 Å². The minimum absolute atomic E-state index is 0.000787. The number of hydrogen-bond acceptors (Lipinski definition) is 2. The predicted octanol–water partition coefficient (Wildman–Crippen LogP) is 2.25. The van der Waals surface area contributed by atoms with E-state index in [-0.39, 0.29) is 11.4 Å². The van der Waals surface area contributed by atoms with Gasteiger partial charge in [-0.05, 0) is 25.8 Å². The van der Waals surface area contributed by atoms with Crippen LogP contribution in [0.15, 0.2) is 16.7 Å². The smallest absolute Gasteiger partial charge is 0.255 e. The Balaban J connectivity index is 2.07. The Morgan fingerprint density at radius 3 is 2.86 bits per heavy atom. The van der Waals surface area contributed by atoms with Crippen molar-refractivity contribution >= 4 is 21.8 Å². The zero-order chi connectivity index (χ0) is 10.2. The molecule has 0 unspecified atom stereocenters. The maximum atomic E-state index is 11.7. The number of nitrogens with one attached hydrogen (secondary N) is 1. The number of carbonyl (C=O) groups is 1. The number of amides is 1. The number of alkyl halides is 1. The first-order valence-electron chi connectivity index (χ1n) is 4.59. The van der Waals surface area contributed by atoms with Gasteiger partial charge in [-0.25, -0.2) is 0 Å². The summed E-state index contributed by atoms with van der Waals surface area (Å²) in [6, 6.07) is 1.70. The van der Waals surface area contributed by atoms with Crippen LogP contribution < -0.4 is 5.32 Å². The Morgan fingerprint density at radius 1 is 1.71 bits per heavy atom. The van der Waals surface area contributed by atoms with Gasteiger partial charge in [0.15, 0.2) is 0 Å². The Kier molecular flexibility index (Phi) is 2.39. The highest BCUT2D eigenvalue weighted by atomic mass is 79.9. The van der Waals surface area contributed by atoms with E-state index in [9.17, 15) is 4.79 Å². The second-order valence-corrected chi connectivity index (χ2v) is 4.32. The van der Waals surface area contributed by atoms with Crippen LogP contribution in [0.4, 0.5) is 0 Å². The fourth-order valence-electron chi connectivity index (χ4n) is 1.37. The summed E-state index contributed by atoms with van der Waals surface area (Å²) in [7, 11) is 0. The SMILES string of the molecule is Cc1occc1C(=O)NC1(CBr)CC1. The first kappa shape index (κ1) is 9.77. The highest BCUT2D eigenvalue weighted by Gasteiger charge is 2.43. The Labute approximate surface area is 91.0 Å². The molecule has 1 aromatic rings. The predicted molar refractivity (Wildman–Crippen MR) is 56.7 cm³/mol. The van der Waals surface area contributed by atoms with Gasteiger partial charge >= 0.3 is 0 Å². The van der Waals surface area contributed by atoms with Gasteiger partial charge in [0.05, 0.1) is 17.4 Å². The number of rotatable bonds is 3. The van der Waals surface area contributed by atoms with E-state index >= 15 is 0 Å². The second-order valence-electron chi connectivity index (χ2n) is 3.76. The number of aryl methyl sites for hydroxylation is 1. The molecule has 1 N–H and O–H groups in total. The summed E-state index contributed by atoms with van der Waals surface area (Å²) in [6.07, 6.45) is 3.65. The van der Waals surface area contributed by atoms with Gasteiger partial charge in [0.25, 0.3) is 5.91 Å². The van der Waals surface area contributed by atoms with Gasteiger partial charge in [-0.2, -0.15) is 0 Å². The third-order valence-corrected chi connectivity index (χ3v) is 3.66. The summed E-state index contributed by atoms with van der Waals surface area (Å²) < 4.78 is 5.08. The van der Waals surface area contributed by atoms with Crippen molar-refractivity contribution in [2.24, 2.45) is 0 Å². The summed E-state index contributed by atoms with van der Waals surface area (Å²) in [5, 5.41) is 3.84. The topological polar surface area (TPSA) is 42.2 Å². The molecule has 1 aliphatic carbocycles. The standard InChI is InChI=1S/C10H12BrNO2/c1-7-8(2-5-14-7)9(13)12-10(6-11)3-4-10/h2,5H,3-4,6H2,1H3,(H,12,13). The largest absolute Gasteiger partial charge is 0.469 e. The molecular weight excluding hydrogens is 246 g/mol. The zero-order valence-corrected chi connectivity index (χ0v) is 9.56. The molecule has 14 heavy (non-hydrogen) atoms. The lowest BCUT2D eigenvalue weighted by Crippen LogP contribution is -2.38. The molecule has 3 nitrogen and oxygen atoms in total. The van der Waals surface area contributed by atoms with Gasteiger partial charge in [0.2, 0.25) is 0 Å². The van der Waals surface area contributed by atoms with Crippen molar-refractivity contribution in [1.29, 1.82) is 0 Å². The van der Waals surface area contributed by atoms with E-state index in [1.54, 1.807) is 13.0 Å². The highest BCUT2D eigenvalue weighted by molar-refractivity contribution is 9.09. The van der Waals surface area contributed by atoms with Crippen LogP contribution in [0, 0.1) is 6.92 Å². The molecule has 0 aromatic carbocycles. The Bertz CT molecular complexity index is 355. The molecule has 1 aliphatic rings. The monoisotopic (exact) mass is 257 g/mol. The molecule has 1 fully saturated rings. The number of furan rings is 1. The molecule has 2 rings (SSSR count). The van der Waals surface area contributed by atoms with Crippen molar-refractivity contribution in [3.05, 3.63) is 23.7 Å². The van der Waals surface area contributed by atoms with Crippen LogP contribution in [0.1, 0.15) is 29.0 Å². The summed E-state index contributed by atoms with van der Waals surface area (Å²) in [6.45, 7) is 1.79. The van der Waals surface area contributed by atoms with E-state index < -0.39 is 0 Å². The van der Waals surface area contributed by atoms with E-state index in [4.69, 9.17) is 4.42 Å². The molecule has 1 saturated carbocycles. The average molecular weight is 258 g/mol. The zero-order valence-electron chi connectivity index (χ0n) is 7.97. The van der Waals surface area contributed by atoms with Crippen LogP contribution in [-0.4, -0.2) is 16.8 Å². The van der Waals surface area contributed by atoms with Crippen molar-refractivity contribution in [2.75, 3.05) is 5.33 Å². The van der Waals surface area contributed by atoms with Crippen molar-refractivity contribution in [2.45, 2.75) is 25.3 Å². The van der Waals surface area contributed by atoms with Crippen molar-refractivity contribution in [3.8, 4) is 0 Å². The lowest BCUT2D eigenvalue weighted by molar-refractivity contribution is 0.0935. The lowest BCUT2D eigenvalue weighted by Gasteiger charge is -2.13. The molecule has 76 valence electrons. The molecule has 1 heterocycles. The molecule has 0 atom stereocenters. The number of carbonyl (C=O) groups excluding carboxylic acids is 1. The highest BCUT2D eigenvalue weighted by Crippen LogP contribution is 2.37. The number of hydrogen-bond donors (Lipinski definition) is 1. The lowest BCUT2D eigenvalue weighted by atomic mass is 10.2. The first-order valence-corrected chi connectivity index (χ1v) is 5.72. The minimum Gasteiger partial charge on any atom is -0.469 e. The molecule has 0 bridgehead atoms. The molecular formula is C10H12BrNO2. The summed E-state index contributed by atoms with van der Waals surface area (Å²) in [4.78, 5) is 11.7. The van der Waals surface area contributed by atoms with Crippen LogP contribution in [0.3, 0.4) is 0 Å². The fourth-order valence-corrected chi connectivity index (χ4v) is 2.07. The van der Waals surface area contributed by atoms with Crippen molar-refractivity contribution in [1.82, 2.24) is 5.32 Å². The molecule has 0 radical (unpaired) electrons. The number of halogens is 1. The van der Waals surface area contributed by atoms with Gasteiger partial charge in [0, 0.05) is 5.33 Å². The molecule has 0 saturated heterocycles. The van der Waals surface area contributed by atoms with Gasteiger partial charge in [-0.15, -0.1) is 0 Å². The van der Waals surface area contributed by atoms with Crippen LogP contribution in [0.25, 0.3) is 0 Å². The Morgan fingerprint density at radius 2 is 2.43 bits per heavy atom. The van der Waals surface area contributed by atoms with Crippen molar-refractivity contribution < 1.29 is 9.21 Å². The van der Waals surface area contributed by atoms with E-state index in [0.717, 1.165) is 18.2 Å². The van der Waals surface area contributed by atoms with Crippen molar-refractivity contribution in [3.63, 3.8) is 0 Å². The average Bonchev–Trinajstić information content (AvgIpc) is 2.80. The fraction of sp³-hybridized carbons (Fsp3) is 0.500. The first-order chi connectivity index (χ1) is 6.67. The van der Waals surface area contributed by atoms with E-state index in [1.807, 2.05) is 0 Å². The third kappa shape index (κ3) is 1.71. The third-order valence-electron chi connectivity index (χ3n) is 2.59. The van der Waals surface area contributed by atoms with Gasteiger partial charge in [-0.1, -0.05) is 15.9 Å². The van der Waals surface area contributed by atoms with Gasteiger partial charge < -0.3 is 9.73 Å². The minimum atomic E-state index is -0.0341. The molecule has 0 aliphatic heterocycles. The maximum Gasteiger partial charge on any atom is 0.255 e. The van der Waals surface area contributed by atoms with Crippen LogP contribution in [0.5, 0.6) is 0 Å². The normalized spacial score (nSPS) is 17.9. The second kappa shape index (κ2) is 3.42. The maximum absolute atomic E-state index is 11.7. The summed E-state index contributed by atoms with van der Waals surface area (Å²) in [5.74, 6) is 0.640. The quantitative estimate of drug-likeness (QED) is 0.845. The van der Waals surface area contributed by atoms with Gasteiger partial charge in [-0.3, -0.25) is 4.79 Å². The van der Waals surface area contributed by atoms with Crippen LogP contribution >= 0.6 is 15.9 Å². The molecule has 4 heteroatoms. The van der Waals surface area contributed by atoms with Gasteiger partial charge in [0.1, 0.15) is 5.76 Å². The van der Waals surface area contributed by atoms with E-state index in [0.29, 0.717) is 11.3 Å². The van der Waals surface area contributed by atoms with E-state index in [2.05, 4.69) is 21.2 Å². The Hall–Kier alpha value is -0.770. The molecule has 1 aromatic heterocycles. The summed E-state index contributed by atoms with van der Waals surface area (Å²) >= 11 is 3.41. The summed E-state index contributed by atoms with van der Waals surface area (Å²) in [5.41, 5.74) is 0.637. The van der Waals surface area contributed by atoms with Crippen LogP contribution in [-0.2, 0) is 0 Å². The molecule has 1 amide bonds.